The van der Waals surface area contributed by atoms with Gasteiger partial charge in [0.05, 0.1) is 30.0 Å². The summed E-state index contributed by atoms with van der Waals surface area (Å²) in [7, 11) is 0. The molecule has 2 fully saturated rings. The molecule has 214 valence electrons. The molecule has 0 bridgehead atoms. The molecule has 1 saturated carbocycles. The first-order valence-corrected chi connectivity index (χ1v) is 13.6. The van der Waals surface area contributed by atoms with Crippen molar-refractivity contribution in [3.8, 4) is 11.4 Å². The Morgan fingerprint density at radius 1 is 1.02 bits per heavy atom. The Balaban J connectivity index is 1.01. The quantitative estimate of drug-likeness (QED) is 0.376. The number of nitrogens with zero attached hydrogens (tertiary/aromatic N) is 4. The first-order valence-electron chi connectivity index (χ1n) is 13.6. The van der Waals surface area contributed by atoms with Gasteiger partial charge in [0, 0.05) is 44.3 Å². The van der Waals surface area contributed by atoms with E-state index in [9.17, 15) is 23.1 Å². The van der Waals surface area contributed by atoms with Crippen molar-refractivity contribution < 1.29 is 27.8 Å². The number of alkyl halides is 3. The number of ether oxygens (including phenoxy) is 1. The zero-order valence-electron chi connectivity index (χ0n) is 22.2. The Morgan fingerprint density at radius 3 is 2.35 bits per heavy atom. The van der Waals surface area contributed by atoms with Crippen LogP contribution in [0.5, 0.6) is 5.75 Å². The molecular weight excluding hydrogens is 523 g/mol. The third-order valence-electron chi connectivity index (χ3n) is 7.18. The molecule has 1 aliphatic heterocycles. The monoisotopic (exact) mass is 557 g/mol. The van der Waals surface area contributed by atoms with E-state index in [1.807, 2.05) is 35.0 Å². The van der Waals surface area contributed by atoms with Gasteiger partial charge in [0.15, 0.2) is 0 Å². The van der Waals surface area contributed by atoms with Crippen molar-refractivity contribution in [3.05, 3.63) is 77.6 Å². The molecule has 2 heterocycles. The van der Waals surface area contributed by atoms with Crippen molar-refractivity contribution in [2.24, 2.45) is 0 Å². The van der Waals surface area contributed by atoms with Crippen molar-refractivity contribution >= 4 is 5.91 Å². The first-order chi connectivity index (χ1) is 19.2. The molecule has 1 aliphatic carbocycles. The zero-order valence-corrected chi connectivity index (χ0v) is 22.2. The number of aromatic nitrogens is 2. The van der Waals surface area contributed by atoms with Crippen LogP contribution in [-0.4, -0.2) is 82.6 Å². The number of carbonyl (C=O) groups is 1. The van der Waals surface area contributed by atoms with Crippen LogP contribution in [0.3, 0.4) is 0 Å². The summed E-state index contributed by atoms with van der Waals surface area (Å²) in [6, 6.07) is 16.5. The second-order valence-corrected chi connectivity index (χ2v) is 10.4. The van der Waals surface area contributed by atoms with Crippen LogP contribution in [0.25, 0.3) is 5.69 Å². The minimum atomic E-state index is -4.40. The average molecular weight is 558 g/mol. The number of halogens is 3. The zero-order chi connectivity index (χ0) is 28.1. The number of amides is 1. The summed E-state index contributed by atoms with van der Waals surface area (Å²) < 4.78 is 45.5. The van der Waals surface area contributed by atoms with E-state index in [1.165, 1.54) is 30.7 Å². The molecule has 2 aromatic carbocycles. The van der Waals surface area contributed by atoms with Gasteiger partial charge in [-0.3, -0.25) is 14.6 Å². The number of β-amino-alcohol motifs (C(OH)–C–C–N with tert-alkyl or cyclic N) is 1. The fourth-order valence-corrected chi connectivity index (χ4v) is 4.84. The maximum Gasteiger partial charge on any atom is 0.416 e. The summed E-state index contributed by atoms with van der Waals surface area (Å²) in [5, 5.41) is 18.1. The standard InChI is InChI=1S/C29H34F3N5O3/c30-29(31,32)22-8-10-26(11-9-22)40-20-25(38)18-35-12-14-36(15-13-35)19-28(39)33-17-23-16-27(21-6-7-21)37(34-23)24-4-2-1-3-5-24/h1-5,8-11,16,21,25,38H,6-7,12-15,17-20H2,(H,33,39)/t25-/m1/s1. The number of hydrogen-bond donors (Lipinski definition) is 2. The molecular formula is C29H34F3N5O3. The van der Waals surface area contributed by atoms with Gasteiger partial charge in [0.1, 0.15) is 18.5 Å². The van der Waals surface area contributed by atoms with Gasteiger partial charge in [0.2, 0.25) is 5.91 Å². The van der Waals surface area contributed by atoms with E-state index in [2.05, 4.69) is 21.2 Å². The van der Waals surface area contributed by atoms with Crippen LogP contribution in [0.2, 0.25) is 0 Å². The molecule has 2 N–H and O–H groups in total. The molecule has 5 rings (SSSR count). The molecule has 0 unspecified atom stereocenters. The SMILES string of the molecule is O=C(CN1CCN(C[C@@H](O)COc2ccc(C(F)(F)F)cc2)CC1)NCc1cc(C2CC2)n(-c2ccccc2)n1. The predicted octanol–water partition coefficient (Wildman–Crippen LogP) is 3.44. The summed E-state index contributed by atoms with van der Waals surface area (Å²) >= 11 is 0. The lowest BCUT2D eigenvalue weighted by molar-refractivity contribution is -0.137. The topological polar surface area (TPSA) is 82.9 Å². The molecule has 2 aliphatic rings. The molecule has 11 heteroatoms. The fraction of sp³-hybridized carbons (Fsp3) is 0.448. The van der Waals surface area contributed by atoms with Gasteiger partial charge in [0.25, 0.3) is 0 Å². The molecule has 1 amide bonds. The van der Waals surface area contributed by atoms with Crippen LogP contribution in [0.15, 0.2) is 60.7 Å². The molecule has 8 nitrogen and oxygen atoms in total. The first kappa shape index (κ1) is 28.1. The van der Waals surface area contributed by atoms with E-state index in [-0.39, 0.29) is 18.3 Å². The van der Waals surface area contributed by atoms with Crippen molar-refractivity contribution in [1.29, 1.82) is 0 Å². The summed E-state index contributed by atoms with van der Waals surface area (Å²) in [5.74, 6) is 0.752. The van der Waals surface area contributed by atoms with Crippen LogP contribution in [0.4, 0.5) is 13.2 Å². The highest BCUT2D eigenvalue weighted by molar-refractivity contribution is 5.78. The summed E-state index contributed by atoms with van der Waals surface area (Å²) in [4.78, 5) is 16.8. The largest absolute Gasteiger partial charge is 0.491 e. The summed E-state index contributed by atoms with van der Waals surface area (Å²) in [5.41, 5.74) is 2.32. The van der Waals surface area contributed by atoms with E-state index < -0.39 is 17.8 Å². The molecule has 1 atom stereocenters. The minimum Gasteiger partial charge on any atom is -0.491 e. The van der Waals surface area contributed by atoms with E-state index in [0.717, 1.165) is 23.5 Å². The lowest BCUT2D eigenvalue weighted by Crippen LogP contribution is -2.51. The van der Waals surface area contributed by atoms with Gasteiger partial charge in [-0.15, -0.1) is 0 Å². The van der Waals surface area contributed by atoms with Gasteiger partial charge >= 0.3 is 6.18 Å². The maximum atomic E-state index is 12.7. The maximum absolute atomic E-state index is 12.7. The van der Waals surface area contributed by atoms with E-state index in [4.69, 9.17) is 9.84 Å². The van der Waals surface area contributed by atoms with E-state index >= 15 is 0 Å². The van der Waals surface area contributed by atoms with Crippen molar-refractivity contribution in [1.82, 2.24) is 24.9 Å². The Labute approximate surface area is 231 Å². The van der Waals surface area contributed by atoms with Gasteiger partial charge in [-0.2, -0.15) is 18.3 Å². The Hall–Kier alpha value is -3.41. The number of piperazine rings is 1. The third-order valence-corrected chi connectivity index (χ3v) is 7.18. The van der Waals surface area contributed by atoms with Gasteiger partial charge < -0.3 is 15.2 Å². The second-order valence-electron chi connectivity index (χ2n) is 10.4. The number of para-hydroxylation sites is 1. The normalized spacial score (nSPS) is 17.5. The molecule has 0 radical (unpaired) electrons. The summed E-state index contributed by atoms with van der Waals surface area (Å²) in [6.45, 7) is 3.80. The van der Waals surface area contributed by atoms with E-state index in [0.29, 0.717) is 51.7 Å². The lowest BCUT2D eigenvalue weighted by Gasteiger charge is -2.35. The highest BCUT2D eigenvalue weighted by Crippen LogP contribution is 2.41. The smallest absolute Gasteiger partial charge is 0.416 e. The lowest BCUT2D eigenvalue weighted by atomic mass is 10.2. The highest BCUT2D eigenvalue weighted by Gasteiger charge is 2.30. The minimum absolute atomic E-state index is 0.0174. The second kappa shape index (κ2) is 12.4. The van der Waals surface area contributed by atoms with Crippen molar-refractivity contribution in [2.45, 2.75) is 37.6 Å². The van der Waals surface area contributed by atoms with Crippen LogP contribution in [0, 0.1) is 0 Å². The molecule has 0 spiro atoms. The Kier molecular flexibility index (Phi) is 8.72. The predicted molar refractivity (Wildman–Crippen MR) is 143 cm³/mol. The van der Waals surface area contributed by atoms with Gasteiger partial charge in [-0.05, 0) is 55.3 Å². The van der Waals surface area contributed by atoms with E-state index in [1.54, 1.807) is 0 Å². The van der Waals surface area contributed by atoms with Crippen LogP contribution < -0.4 is 10.1 Å². The molecule has 40 heavy (non-hydrogen) atoms. The molecule has 1 saturated heterocycles. The van der Waals surface area contributed by atoms with Crippen LogP contribution in [-0.2, 0) is 17.5 Å². The fourth-order valence-electron chi connectivity index (χ4n) is 4.84. The van der Waals surface area contributed by atoms with Crippen molar-refractivity contribution in [3.63, 3.8) is 0 Å². The number of hydrogen-bond acceptors (Lipinski definition) is 6. The average Bonchev–Trinajstić information content (AvgIpc) is 3.71. The van der Waals surface area contributed by atoms with Crippen LogP contribution >= 0.6 is 0 Å². The van der Waals surface area contributed by atoms with Crippen molar-refractivity contribution in [2.75, 3.05) is 45.9 Å². The number of nitrogens with one attached hydrogen (secondary N) is 1. The number of rotatable bonds is 11. The molecule has 3 aromatic rings. The van der Waals surface area contributed by atoms with Crippen LogP contribution in [0.1, 0.15) is 35.7 Å². The van der Waals surface area contributed by atoms with Gasteiger partial charge in [-0.1, -0.05) is 18.2 Å². The summed E-state index contributed by atoms with van der Waals surface area (Å²) in [6.07, 6.45) is -2.85. The number of carbonyl (C=O) groups excluding carboxylic acids is 1. The molecule has 1 aromatic heterocycles. The Morgan fingerprint density at radius 2 is 1.70 bits per heavy atom. The number of aliphatic hydroxyl groups is 1. The van der Waals surface area contributed by atoms with Gasteiger partial charge in [-0.25, -0.2) is 4.68 Å². The Bertz CT molecular complexity index is 1250. The third kappa shape index (κ3) is 7.61. The number of benzene rings is 2. The number of aliphatic hydroxyl groups excluding tert-OH is 1. The highest BCUT2D eigenvalue weighted by atomic mass is 19.4.